The number of esters is 1. The Hall–Kier alpha value is -1.88. The second-order valence-corrected chi connectivity index (χ2v) is 6.31. The maximum atomic E-state index is 11.4. The number of anilines is 2. The number of hydrogen-bond donors (Lipinski definition) is 1. The van der Waals surface area contributed by atoms with Crippen molar-refractivity contribution >= 4 is 28.1 Å². The molecule has 0 radical (unpaired) electrons. The molecule has 20 heavy (non-hydrogen) atoms. The smallest absolute Gasteiger partial charge is 0.357 e. The third-order valence-corrected chi connectivity index (χ3v) is 3.63. The van der Waals surface area contributed by atoms with Gasteiger partial charge in [0.05, 0.1) is 7.11 Å². The standard InChI is InChI=1S/C15H18N2O2S/c1-15(2,3)10-7-5-6-8-11(10)16-14-17-12(9-20-14)13(18)19-4/h5-9H,1-4H3,(H,16,17). The van der Waals surface area contributed by atoms with Crippen LogP contribution in [0.15, 0.2) is 29.6 Å². The highest BCUT2D eigenvalue weighted by Crippen LogP contribution is 2.32. The van der Waals surface area contributed by atoms with Crippen molar-refractivity contribution in [3.8, 4) is 0 Å². The Bertz CT molecular complexity index is 614. The molecule has 0 fully saturated rings. The lowest BCUT2D eigenvalue weighted by atomic mass is 9.86. The predicted octanol–water partition coefficient (Wildman–Crippen LogP) is 3.97. The van der Waals surface area contributed by atoms with Crippen LogP contribution in [0.4, 0.5) is 10.8 Å². The first-order valence-corrected chi connectivity index (χ1v) is 7.20. The first-order valence-electron chi connectivity index (χ1n) is 6.32. The van der Waals surface area contributed by atoms with Crippen LogP contribution in [0, 0.1) is 0 Å². The van der Waals surface area contributed by atoms with Crippen molar-refractivity contribution in [1.29, 1.82) is 0 Å². The Kier molecular flexibility index (Phi) is 4.09. The molecule has 1 aromatic heterocycles. The second kappa shape index (κ2) is 5.63. The average Bonchev–Trinajstić information content (AvgIpc) is 2.86. The van der Waals surface area contributed by atoms with Gasteiger partial charge in [-0.25, -0.2) is 9.78 Å². The minimum Gasteiger partial charge on any atom is -0.464 e. The molecule has 0 spiro atoms. The molecular weight excluding hydrogens is 272 g/mol. The van der Waals surface area contributed by atoms with Gasteiger partial charge in [-0.15, -0.1) is 11.3 Å². The largest absolute Gasteiger partial charge is 0.464 e. The van der Waals surface area contributed by atoms with Crippen molar-refractivity contribution in [3.63, 3.8) is 0 Å². The van der Waals surface area contributed by atoms with Crippen molar-refractivity contribution in [2.45, 2.75) is 26.2 Å². The number of nitrogens with one attached hydrogen (secondary N) is 1. The van der Waals surface area contributed by atoms with Crippen molar-refractivity contribution in [1.82, 2.24) is 4.98 Å². The molecule has 1 aromatic carbocycles. The van der Waals surface area contributed by atoms with Crippen LogP contribution in [-0.4, -0.2) is 18.1 Å². The Labute approximate surface area is 122 Å². The maximum absolute atomic E-state index is 11.4. The minimum absolute atomic E-state index is 0.0338. The van der Waals surface area contributed by atoms with E-state index in [9.17, 15) is 4.79 Å². The molecule has 0 aliphatic heterocycles. The van der Waals surface area contributed by atoms with E-state index in [0.717, 1.165) is 5.69 Å². The highest BCUT2D eigenvalue weighted by atomic mass is 32.1. The van der Waals surface area contributed by atoms with Gasteiger partial charge in [0, 0.05) is 11.1 Å². The van der Waals surface area contributed by atoms with Crippen LogP contribution in [0.1, 0.15) is 36.8 Å². The van der Waals surface area contributed by atoms with Gasteiger partial charge >= 0.3 is 5.97 Å². The van der Waals surface area contributed by atoms with Gasteiger partial charge in [-0.1, -0.05) is 39.0 Å². The molecule has 5 heteroatoms. The average molecular weight is 290 g/mol. The van der Waals surface area contributed by atoms with Crippen LogP contribution in [0.5, 0.6) is 0 Å². The quantitative estimate of drug-likeness (QED) is 0.869. The van der Waals surface area contributed by atoms with Crippen LogP contribution in [0.25, 0.3) is 0 Å². The number of rotatable bonds is 3. The molecule has 0 aliphatic carbocycles. The molecule has 4 nitrogen and oxygen atoms in total. The Morgan fingerprint density at radius 1 is 1.30 bits per heavy atom. The van der Waals surface area contributed by atoms with Gasteiger partial charge in [0.15, 0.2) is 10.8 Å². The number of nitrogens with zero attached hydrogens (tertiary/aromatic N) is 1. The van der Waals surface area contributed by atoms with E-state index in [-0.39, 0.29) is 5.41 Å². The van der Waals surface area contributed by atoms with E-state index >= 15 is 0 Å². The van der Waals surface area contributed by atoms with E-state index in [4.69, 9.17) is 0 Å². The number of carbonyl (C=O) groups is 1. The van der Waals surface area contributed by atoms with Gasteiger partial charge in [-0.2, -0.15) is 0 Å². The summed E-state index contributed by atoms with van der Waals surface area (Å²) in [7, 11) is 1.35. The fraction of sp³-hybridized carbons (Fsp3) is 0.333. The first kappa shape index (κ1) is 14.5. The van der Waals surface area contributed by atoms with Crippen LogP contribution in [0.2, 0.25) is 0 Å². The van der Waals surface area contributed by atoms with Crippen LogP contribution in [-0.2, 0) is 10.2 Å². The van der Waals surface area contributed by atoms with Gasteiger partial charge in [-0.05, 0) is 17.0 Å². The highest BCUT2D eigenvalue weighted by molar-refractivity contribution is 7.14. The molecule has 1 N–H and O–H groups in total. The van der Waals surface area contributed by atoms with Gasteiger partial charge in [0.1, 0.15) is 0 Å². The van der Waals surface area contributed by atoms with Crippen molar-refractivity contribution in [2.24, 2.45) is 0 Å². The number of aromatic nitrogens is 1. The predicted molar refractivity (Wildman–Crippen MR) is 81.9 cm³/mol. The van der Waals surface area contributed by atoms with E-state index in [2.05, 4.69) is 41.9 Å². The molecule has 1 heterocycles. The number of carbonyl (C=O) groups excluding carboxylic acids is 1. The minimum atomic E-state index is -0.418. The summed E-state index contributed by atoms with van der Waals surface area (Å²) in [6.07, 6.45) is 0. The number of methoxy groups -OCH3 is 1. The van der Waals surface area contributed by atoms with E-state index in [1.54, 1.807) is 5.38 Å². The van der Waals surface area contributed by atoms with Gasteiger partial charge < -0.3 is 10.1 Å². The zero-order valence-corrected chi connectivity index (χ0v) is 12.9. The Morgan fingerprint density at radius 2 is 2.00 bits per heavy atom. The molecule has 0 unspecified atom stereocenters. The normalized spacial score (nSPS) is 11.2. The number of benzene rings is 1. The van der Waals surface area contributed by atoms with Crippen LogP contribution < -0.4 is 5.32 Å². The molecule has 0 atom stereocenters. The molecule has 0 saturated carbocycles. The molecule has 0 saturated heterocycles. The summed E-state index contributed by atoms with van der Waals surface area (Å²) in [4.78, 5) is 15.6. The number of hydrogen-bond acceptors (Lipinski definition) is 5. The number of thiazole rings is 1. The Balaban J connectivity index is 2.27. The van der Waals surface area contributed by atoms with E-state index in [0.29, 0.717) is 10.8 Å². The lowest BCUT2D eigenvalue weighted by Gasteiger charge is -2.22. The summed E-state index contributed by atoms with van der Waals surface area (Å²) in [5, 5.41) is 5.65. The van der Waals surface area contributed by atoms with Gasteiger partial charge in [0.25, 0.3) is 0 Å². The molecule has 2 aromatic rings. The molecular formula is C15H18N2O2S. The molecule has 0 aliphatic rings. The van der Waals surface area contributed by atoms with E-state index in [1.165, 1.54) is 24.0 Å². The van der Waals surface area contributed by atoms with Crippen molar-refractivity contribution in [2.75, 3.05) is 12.4 Å². The zero-order chi connectivity index (χ0) is 14.8. The number of ether oxygens (including phenoxy) is 1. The first-order chi connectivity index (χ1) is 9.41. The fourth-order valence-electron chi connectivity index (χ4n) is 1.89. The Morgan fingerprint density at radius 3 is 2.65 bits per heavy atom. The van der Waals surface area contributed by atoms with Gasteiger partial charge in [0.2, 0.25) is 0 Å². The molecule has 106 valence electrons. The molecule has 2 rings (SSSR count). The summed E-state index contributed by atoms with van der Waals surface area (Å²) in [5.41, 5.74) is 2.57. The van der Waals surface area contributed by atoms with Crippen molar-refractivity contribution in [3.05, 3.63) is 40.9 Å². The molecule has 0 amide bonds. The monoisotopic (exact) mass is 290 g/mol. The third-order valence-electron chi connectivity index (χ3n) is 2.88. The van der Waals surface area contributed by atoms with E-state index < -0.39 is 5.97 Å². The zero-order valence-electron chi connectivity index (χ0n) is 12.1. The fourth-order valence-corrected chi connectivity index (χ4v) is 2.58. The summed E-state index contributed by atoms with van der Waals surface area (Å²) >= 11 is 1.38. The SMILES string of the molecule is COC(=O)c1csc(Nc2ccccc2C(C)(C)C)n1. The lowest BCUT2D eigenvalue weighted by Crippen LogP contribution is -2.13. The van der Waals surface area contributed by atoms with Crippen molar-refractivity contribution < 1.29 is 9.53 Å². The third kappa shape index (κ3) is 3.17. The summed E-state index contributed by atoms with van der Waals surface area (Å²) in [6.45, 7) is 6.49. The second-order valence-electron chi connectivity index (χ2n) is 5.45. The van der Waals surface area contributed by atoms with Crippen LogP contribution in [0.3, 0.4) is 0 Å². The highest BCUT2D eigenvalue weighted by Gasteiger charge is 2.18. The summed E-state index contributed by atoms with van der Waals surface area (Å²) in [5.74, 6) is -0.418. The number of para-hydroxylation sites is 1. The summed E-state index contributed by atoms with van der Waals surface area (Å²) < 4.78 is 4.66. The van der Waals surface area contributed by atoms with Crippen LogP contribution >= 0.6 is 11.3 Å². The molecule has 0 bridgehead atoms. The topological polar surface area (TPSA) is 51.2 Å². The van der Waals surface area contributed by atoms with E-state index in [1.807, 2.05) is 18.2 Å². The maximum Gasteiger partial charge on any atom is 0.357 e. The summed E-state index contributed by atoms with van der Waals surface area (Å²) in [6, 6.07) is 8.11. The van der Waals surface area contributed by atoms with Gasteiger partial charge in [-0.3, -0.25) is 0 Å². The lowest BCUT2D eigenvalue weighted by molar-refractivity contribution is 0.0595.